The van der Waals surface area contributed by atoms with Gasteiger partial charge in [-0.05, 0) is 36.5 Å². The first-order valence-corrected chi connectivity index (χ1v) is 9.77. The van der Waals surface area contributed by atoms with Crippen LogP contribution in [-0.2, 0) is 17.8 Å². The number of carbonyl (C=O) groups is 1. The zero-order valence-corrected chi connectivity index (χ0v) is 16.0. The molecular weight excluding hydrogens is 352 g/mol. The summed E-state index contributed by atoms with van der Waals surface area (Å²) < 4.78 is 1.33. The van der Waals surface area contributed by atoms with Crippen LogP contribution in [0.1, 0.15) is 31.0 Å². The highest BCUT2D eigenvalue weighted by Crippen LogP contribution is 2.18. The number of hydrogen-bond donors (Lipinski definition) is 0. The molecule has 1 fully saturated rings. The molecule has 1 aliphatic rings. The molecule has 2 aromatic heterocycles. The van der Waals surface area contributed by atoms with Gasteiger partial charge in [-0.3, -0.25) is 14.6 Å². The third-order valence-electron chi connectivity index (χ3n) is 5.33. The van der Waals surface area contributed by atoms with Crippen molar-refractivity contribution in [2.24, 2.45) is 5.92 Å². The second-order valence-electron chi connectivity index (χ2n) is 7.58. The normalized spacial score (nSPS) is 17.0. The van der Waals surface area contributed by atoms with Crippen molar-refractivity contribution in [3.05, 3.63) is 70.4 Å². The van der Waals surface area contributed by atoms with Gasteiger partial charge in [-0.1, -0.05) is 31.2 Å². The summed E-state index contributed by atoms with van der Waals surface area (Å²) in [5.74, 6) is 0.462. The number of nitrogens with zero attached hydrogens (tertiary/aromatic N) is 4. The van der Waals surface area contributed by atoms with Gasteiger partial charge >= 0.3 is 0 Å². The van der Waals surface area contributed by atoms with Crippen LogP contribution in [0, 0.1) is 5.92 Å². The minimum atomic E-state index is -0.219. The summed E-state index contributed by atoms with van der Waals surface area (Å²) >= 11 is 0. The lowest BCUT2D eigenvalue weighted by Gasteiger charge is -2.31. The van der Waals surface area contributed by atoms with Crippen molar-refractivity contribution in [1.29, 1.82) is 0 Å². The van der Waals surface area contributed by atoms with Crippen molar-refractivity contribution in [1.82, 2.24) is 19.7 Å². The van der Waals surface area contributed by atoms with Crippen LogP contribution >= 0.6 is 0 Å². The summed E-state index contributed by atoms with van der Waals surface area (Å²) in [7, 11) is 0. The Balaban J connectivity index is 1.69. The predicted octanol–water partition coefficient (Wildman–Crippen LogP) is 2.64. The lowest BCUT2D eigenvalue weighted by Crippen LogP contribution is -2.42. The van der Waals surface area contributed by atoms with E-state index in [9.17, 15) is 9.59 Å². The number of fused-ring (bicyclic) bond motifs is 1. The molecule has 4 rings (SSSR count). The topological polar surface area (TPSA) is 68.1 Å². The Labute approximate surface area is 163 Å². The van der Waals surface area contributed by atoms with Gasteiger partial charge in [-0.2, -0.15) is 5.10 Å². The van der Waals surface area contributed by atoms with Gasteiger partial charge in [0.1, 0.15) is 6.54 Å². The maximum atomic E-state index is 12.9. The standard InChI is InChI=1S/C22H24N4O2/c1-16-6-5-11-25(14-16)21(27)15-26-22(28)19-9-3-2-8-18(19)20(24-26)12-17-7-4-10-23-13-17/h2-4,7-10,13,16H,5-6,11-12,14-15H2,1H3. The molecule has 6 heteroatoms. The van der Waals surface area contributed by atoms with Crippen molar-refractivity contribution < 1.29 is 4.79 Å². The van der Waals surface area contributed by atoms with Crippen LogP contribution in [-0.4, -0.2) is 38.7 Å². The first kappa shape index (κ1) is 18.3. The number of piperidine rings is 1. The van der Waals surface area contributed by atoms with E-state index in [0.29, 0.717) is 17.7 Å². The summed E-state index contributed by atoms with van der Waals surface area (Å²) in [6, 6.07) is 11.3. The molecule has 0 aliphatic carbocycles. The third-order valence-corrected chi connectivity index (χ3v) is 5.33. The Bertz CT molecular complexity index is 1050. The molecule has 0 radical (unpaired) electrons. The molecule has 1 amide bonds. The van der Waals surface area contributed by atoms with Crippen molar-refractivity contribution in [3.8, 4) is 0 Å². The molecule has 0 bridgehead atoms. The summed E-state index contributed by atoms with van der Waals surface area (Å²) in [5, 5.41) is 6.00. The van der Waals surface area contributed by atoms with Crippen LogP contribution in [0.25, 0.3) is 10.8 Å². The van der Waals surface area contributed by atoms with Gasteiger partial charge in [0.05, 0.1) is 11.1 Å². The molecule has 1 aliphatic heterocycles. The number of pyridine rings is 1. The van der Waals surface area contributed by atoms with Crippen molar-refractivity contribution >= 4 is 16.7 Å². The average Bonchev–Trinajstić information content (AvgIpc) is 2.72. The van der Waals surface area contributed by atoms with E-state index in [1.54, 1.807) is 18.5 Å². The lowest BCUT2D eigenvalue weighted by molar-refractivity contribution is -0.133. The highest BCUT2D eigenvalue weighted by atomic mass is 16.2. The predicted molar refractivity (Wildman–Crippen MR) is 108 cm³/mol. The summed E-state index contributed by atoms with van der Waals surface area (Å²) in [6.07, 6.45) is 6.25. The van der Waals surface area contributed by atoms with Crippen LogP contribution in [0.2, 0.25) is 0 Å². The van der Waals surface area contributed by atoms with Crippen LogP contribution in [0.15, 0.2) is 53.6 Å². The van der Waals surface area contributed by atoms with E-state index < -0.39 is 0 Å². The largest absolute Gasteiger partial charge is 0.341 e. The molecule has 1 atom stereocenters. The smallest absolute Gasteiger partial charge is 0.275 e. The fourth-order valence-electron chi connectivity index (χ4n) is 3.88. The van der Waals surface area contributed by atoms with E-state index in [-0.39, 0.29) is 18.0 Å². The molecule has 1 saturated heterocycles. The molecule has 3 heterocycles. The van der Waals surface area contributed by atoms with Gasteiger partial charge in [-0.15, -0.1) is 0 Å². The second kappa shape index (κ2) is 7.92. The van der Waals surface area contributed by atoms with E-state index in [0.717, 1.165) is 42.6 Å². The fraction of sp³-hybridized carbons (Fsp3) is 0.364. The highest BCUT2D eigenvalue weighted by Gasteiger charge is 2.22. The van der Waals surface area contributed by atoms with Crippen LogP contribution in [0.5, 0.6) is 0 Å². The number of amides is 1. The number of benzene rings is 1. The minimum absolute atomic E-state index is 0.0174. The Morgan fingerprint density at radius 2 is 2.00 bits per heavy atom. The Hall–Kier alpha value is -3.02. The number of hydrogen-bond acceptors (Lipinski definition) is 4. The average molecular weight is 376 g/mol. The number of likely N-dealkylation sites (tertiary alicyclic amines) is 1. The second-order valence-corrected chi connectivity index (χ2v) is 7.58. The van der Waals surface area contributed by atoms with Crippen molar-refractivity contribution in [3.63, 3.8) is 0 Å². The first-order chi connectivity index (χ1) is 13.6. The lowest BCUT2D eigenvalue weighted by atomic mass is 10.0. The van der Waals surface area contributed by atoms with Gasteiger partial charge in [-0.25, -0.2) is 4.68 Å². The maximum Gasteiger partial charge on any atom is 0.275 e. The van der Waals surface area contributed by atoms with Gasteiger partial charge in [0.25, 0.3) is 5.56 Å². The molecule has 144 valence electrons. The van der Waals surface area contributed by atoms with Crippen molar-refractivity contribution in [2.75, 3.05) is 13.1 Å². The zero-order valence-electron chi connectivity index (χ0n) is 16.0. The molecular formula is C22H24N4O2. The molecule has 28 heavy (non-hydrogen) atoms. The molecule has 6 nitrogen and oxygen atoms in total. The summed E-state index contributed by atoms with van der Waals surface area (Å²) in [4.78, 5) is 31.7. The first-order valence-electron chi connectivity index (χ1n) is 9.77. The molecule has 0 N–H and O–H groups in total. The highest BCUT2D eigenvalue weighted by molar-refractivity contribution is 5.84. The Kier molecular flexibility index (Phi) is 5.19. The Morgan fingerprint density at radius 3 is 2.75 bits per heavy atom. The molecule has 3 aromatic rings. The molecule has 1 unspecified atom stereocenters. The van der Waals surface area contributed by atoms with Crippen LogP contribution < -0.4 is 5.56 Å². The van der Waals surface area contributed by atoms with Crippen LogP contribution in [0.3, 0.4) is 0 Å². The monoisotopic (exact) mass is 376 g/mol. The van der Waals surface area contributed by atoms with E-state index in [1.165, 1.54) is 4.68 Å². The number of carbonyl (C=O) groups excluding carboxylic acids is 1. The minimum Gasteiger partial charge on any atom is -0.341 e. The summed E-state index contributed by atoms with van der Waals surface area (Å²) in [6.45, 7) is 3.65. The van der Waals surface area contributed by atoms with E-state index >= 15 is 0 Å². The molecule has 1 aromatic carbocycles. The fourth-order valence-corrected chi connectivity index (χ4v) is 3.88. The number of aromatic nitrogens is 3. The SMILES string of the molecule is CC1CCCN(C(=O)Cn2nc(Cc3cccnc3)c3ccccc3c2=O)C1. The van der Waals surface area contributed by atoms with E-state index in [4.69, 9.17) is 0 Å². The van der Waals surface area contributed by atoms with E-state index in [1.807, 2.05) is 35.2 Å². The van der Waals surface area contributed by atoms with Gasteiger partial charge in [0.15, 0.2) is 0 Å². The Morgan fingerprint density at radius 1 is 1.18 bits per heavy atom. The van der Waals surface area contributed by atoms with Gasteiger partial charge in [0, 0.05) is 37.3 Å². The van der Waals surface area contributed by atoms with Crippen LogP contribution in [0.4, 0.5) is 0 Å². The summed E-state index contributed by atoms with van der Waals surface area (Å²) in [5.41, 5.74) is 1.58. The zero-order chi connectivity index (χ0) is 19.5. The molecule has 0 spiro atoms. The van der Waals surface area contributed by atoms with Crippen molar-refractivity contribution in [2.45, 2.75) is 32.7 Å². The van der Waals surface area contributed by atoms with E-state index in [2.05, 4.69) is 17.0 Å². The van der Waals surface area contributed by atoms with Gasteiger partial charge in [0.2, 0.25) is 5.91 Å². The number of rotatable bonds is 4. The van der Waals surface area contributed by atoms with Gasteiger partial charge < -0.3 is 4.90 Å². The maximum absolute atomic E-state index is 12.9. The quantitative estimate of drug-likeness (QED) is 0.702. The molecule has 0 saturated carbocycles. The third kappa shape index (κ3) is 3.81.